The maximum absolute atomic E-state index is 12.5. The third-order valence-electron chi connectivity index (χ3n) is 3.86. The third kappa shape index (κ3) is 2.15. The molecule has 0 bridgehead atoms. The molecule has 0 N–H and O–H groups in total. The number of hydrogen-bond acceptors (Lipinski definition) is 3. The number of hydrogen-bond donors (Lipinski definition) is 1. The molecule has 2 atom stereocenters. The Morgan fingerprint density at radius 3 is 2.83 bits per heavy atom. The Morgan fingerprint density at radius 1 is 1.28 bits per heavy atom. The van der Waals surface area contributed by atoms with Crippen LogP contribution in [0.25, 0.3) is 0 Å². The molecule has 4 heteroatoms. The molecule has 0 spiro atoms. The number of amides is 1. The van der Waals surface area contributed by atoms with Gasteiger partial charge in [-0.15, -0.1) is 12.6 Å². The number of nitrogens with zero attached hydrogens (tertiary/aromatic N) is 1. The SMILES string of the molecule is O=C(c1ccc(S)cc1)N1CCOC2CCCC21. The Hall–Kier alpha value is -1.00. The molecule has 18 heavy (non-hydrogen) atoms. The fourth-order valence-corrected chi connectivity index (χ4v) is 3.10. The summed E-state index contributed by atoms with van der Waals surface area (Å²) in [5.74, 6) is 0.128. The van der Waals surface area contributed by atoms with Crippen molar-refractivity contribution in [2.45, 2.75) is 36.3 Å². The lowest BCUT2D eigenvalue weighted by Gasteiger charge is -2.37. The fourth-order valence-electron chi connectivity index (χ4n) is 2.95. The fraction of sp³-hybridized carbons (Fsp3) is 0.500. The average Bonchev–Trinajstić information content (AvgIpc) is 2.87. The Kier molecular flexibility index (Phi) is 3.31. The number of morpholine rings is 1. The van der Waals surface area contributed by atoms with Crippen molar-refractivity contribution >= 4 is 18.5 Å². The first-order valence-electron chi connectivity index (χ1n) is 6.47. The molecule has 3 rings (SSSR count). The standard InChI is InChI=1S/C14H17NO2S/c16-14(10-4-6-11(18)7-5-10)15-8-9-17-13-3-1-2-12(13)15/h4-7,12-13,18H,1-3,8-9H2. The highest BCUT2D eigenvalue weighted by Crippen LogP contribution is 2.30. The molecule has 1 aliphatic carbocycles. The van der Waals surface area contributed by atoms with Crippen LogP contribution in [-0.2, 0) is 4.74 Å². The van der Waals surface area contributed by atoms with Gasteiger partial charge in [-0.3, -0.25) is 4.79 Å². The second-order valence-electron chi connectivity index (χ2n) is 4.95. The van der Waals surface area contributed by atoms with Crippen LogP contribution >= 0.6 is 12.6 Å². The van der Waals surface area contributed by atoms with E-state index in [1.54, 1.807) is 0 Å². The second-order valence-corrected chi connectivity index (χ2v) is 5.47. The topological polar surface area (TPSA) is 29.5 Å². The largest absolute Gasteiger partial charge is 0.374 e. The summed E-state index contributed by atoms with van der Waals surface area (Å²) in [5.41, 5.74) is 0.750. The van der Waals surface area contributed by atoms with Gasteiger partial charge < -0.3 is 9.64 Å². The molecule has 0 radical (unpaired) electrons. The number of carbonyl (C=O) groups excluding carboxylic acids is 1. The summed E-state index contributed by atoms with van der Waals surface area (Å²) >= 11 is 4.24. The highest BCUT2D eigenvalue weighted by molar-refractivity contribution is 7.80. The van der Waals surface area contributed by atoms with E-state index in [0.29, 0.717) is 13.2 Å². The van der Waals surface area contributed by atoms with Crippen LogP contribution in [0.2, 0.25) is 0 Å². The molecule has 96 valence electrons. The first-order valence-corrected chi connectivity index (χ1v) is 6.92. The van der Waals surface area contributed by atoms with E-state index >= 15 is 0 Å². The van der Waals surface area contributed by atoms with E-state index in [2.05, 4.69) is 12.6 Å². The summed E-state index contributed by atoms with van der Waals surface area (Å²) in [4.78, 5) is 15.4. The van der Waals surface area contributed by atoms with Crippen LogP contribution < -0.4 is 0 Å². The molecule has 1 aliphatic heterocycles. The van der Waals surface area contributed by atoms with Crippen molar-refractivity contribution in [3.05, 3.63) is 29.8 Å². The van der Waals surface area contributed by atoms with E-state index in [0.717, 1.165) is 29.7 Å². The number of ether oxygens (including phenoxy) is 1. The molecular formula is C14H17NO2S. The molecule has 1 saturated heterocycles. The second kappa shape index (κ2) is 4.94. The minimum atomic E-state index is 0.128. The molecule has 1 aromatic carbocycles. The lowest BCUT2D eigenvalue weighted by Crippen LogP contribution is -2.51. The van der Waals surface area contributed by atoms with Crippen molar-refractivity contribution in [1.29, 1.82) is 0 Å². The van der Waals surface area contributed by atoms with Crippen molar-refractivity contribution in [1.82, 2.24) is 4.90 Å². The average molecular weight is 263 g/mol. The van der Waals surface area contributed by atoms with Gasteiger partial charge in [0.1, 0.15) is 0 Å². The summed E-state index contributed by atoms with van der Waals surface area (Å²) in [5, 5.41) is 0. The molecule has 2 aliphatic rings. The molecule has 3 nitrogen and oxygen atoms in total. The Bertz CT molecular complexity index is 446. The number of benzene rings is 1. The summed E-state index contributed by atoms with van der Waals surface area (Å²) in [7, 11) is 0. The van der Waals surface area contributed by atoms with Crippen molar-refractivity contribution in [3.8, 4) is 0 Å². The van der Waals surface area contributed by atoms with Crippen LogP contribution in [0.5, 0.6) is 0 Å². The highest BCUT2D eigenvalue weighted by Gasteiger charge is 2.38. The number of rotatable bonds is 1. The van der Waals surface area contributed by atoms with E-state index in [9.17, 15) is 4.79 Å². The van der Waals surface area contributed by atoms with Gasteiger partial charge >= 0.3 is 0 Å². The molecule has 1 amide bonds. The maximum Gasteiger partial charge on any atom is 0.254 e. The van der Waals surface area contributed by atoms with Gasteiger partial charge in [0.25, 0.3) is 5.91 Å². The minimum absolute atomic E-state index is 0.128. The van der Waals surface area contributed by atoms with Crippen molar-refractivity contribution in [2.24, 2.45) is 0 Å². The van der Waals surface area contributed by atoms with Crippen LogP contribution in [0, 0.1) is 0 Å². The van der Waals surface area contributed by atoms with Gasteiger partial charge in [0, 0.05) is 17.0 Å². The monoisotopic (exact) mass is 263 g/mol. The van der Waals surface area contributed by atoms with Gasteiger partial charge in [-0.2, -0.15) is 0 Å². The zero-order chi connectivity index (χ0) is 12.5. The van der Waals surface area contributed by atoms with Gasteiger partial charge in [-0.25, -0.2) is 0 Å². The van der Waals surface area contributed by atoms with Crippen LogP contribution in [0.1, 0.15) is 29.6 Å². The third-order valence-corrected chi connectivity index (χ3v) is 4.16. The zero-order valence-electron chi connectivity index (χ0n) is 10.2. The Morgan fingerprint density at radius 2 is 2.06 bits per heavy atom. The van der Waals surface area contributed by atoms with Crippen molar-refractivity contribution < 1.29 is 9.53 Å². The van der Waals surface area contributed by atoms with E-state index in [4.69, 9.17) is 4.74 Å². The van der Waals surface area contributed by atoms with Crippen LogP contribution in [-0.4, -0.2) is 36.1 Å². The van der Waals surface area contributed by atoms with Crippen LogP contribution in [0.3, 0.4) is 0 Å². The molecule has 1 aromatic rings. The first kappa shape index (κ1) is 12.1. The van der Waals surface area contributed by atoms with E-state index < -0.39 is 0 Å². The Labute approximate surface area is 113 Å². The van der Waals surface area contributed by atoms with Gasteiger partial charge in [0.15, 0.2) is 0 Å². The lowest BCUT2D eigenvalue weighted by molar-refractivity contribution is -0.0445. The zero-order valence-corrected chi connectivity index (χ0v) is 11.1. The summed E-state index contributed by atoms with van der Waals surface area (Å²) in [6.07, 6.45) is 3.58. The van der Waals surface area contributed by atoms with Crippen molar-refractivity contribution in [3.63, 3.8) is 0 Å². The van der Waals surface area contributed by atoms with Gasteiger partial charge in [0.2, 0.25) is 0 Å². The van der Waals surface area contributed by atoms with Gasteiger partial charge in [0.05, 0.1) is 18.8 Å². The molecule has 0 aromatic heterocycles. The van der Waals surface area contributed by atoms with E-state index in [1.807, 2.05) is 29.2 Å². The maximum atomic E-state index is 12.5. The summed E-state index contributed by atoms with van der Waals surface area (Å²) < 4.78 is 5.73. The van der Waals surface area contributed by atoms with Crippen LogP contribution in [0.4, 0.5) is 0 Å². The quantitative estimate of drug-likeness (QED) is 0.788. The lowest BCUT2D eigenvalue weighted by atomic mass is 10.1. The minimum Gasteiger partial charge on any atom is -0.374 e. The summed E-state index contributed by atoms with van der Waals surface area (Å²) in [6.45, 7) is 1.38. The first-order chi connectivity index (χ1) is 8.75. The molecule has 1 heterocycles. The van der Waals surface area contributed by atoms with Gasteiger partial charge in [-0.05, 0) is 43.5 Å². The number of carbonyl (C=O) groups is 1. The number of fused-ring (bicyclic) bond motifs is 1. The molecule has 2 unspecified atom stereocenters. The molecule has 2 fully saturated rings. The van der Waals surface area contributed by atoms with E-state index in [1.165, 1.54) is 0 Å². The highest BCUT2D eigenvalue weighted by atomic mass is 32.1. The predicted octanol–water partition coefficient (Wildman–Crippen LogP) is 2.37. The smallest absolute Gasteiger partial charge is 0.254 e. The Balaban J connectivity index is 1.81. The van der Waals surface area contributed by atoms with Crippen molar-refractivity contribution in [2.75, 3.05) is 13.2 Å². The molecule has 1 saturated carbocycles. The van der Waals surface area contributed by atoms with E-state index in [-0.39, 0.29) is 18.1 Å². The number of thiol groups is 1. The normalized spacial score (nSPS) is 27.1. The van der Waals surface area contributed by atoms with Crippen LogP contribution in [0.15, 0.2) is 29.2 Å². The molecular weight excluding hydrogens is 246 g/mol. The van der Waals surface area contributed by atoms with Gasteiger partial charge in [-0.1, -0.05) is 0 Å². The summed E-state index contributed by atoms with van der Waals surface area (Å²) in [6, 6.07) is 7.71. The predicted molar refractivity (Wildman–Crippen MR) is 72.1 cm³/mol.